The smallest absolute Gasteiger partial charge is 0.0355 e. The average Bonchev–Trinajstić information content (AvgIpc) is 3.34. The van der Waals surface area contributed by atoms with Gasteiger partial charge in [0.1, 0.15) is 0 Å². The second-order valence-electron chi connectivity index (χ2n) is 6.78. The molecule has 2 nitrogen and oxygen atoms in total. The third kappa shape index (κ3) is 3.62. The van der Waals surface area contributed by atoms with Gasteiger partial charge in [-0.05, 0) is 50.1 Å². The first-order valence-electron chi connectivity index (χ1n) is 8.24. The molecule has 0 aliphatic heterocycles. The molecule has 0 amide bonds. The molecule has 2 fully saturated rings. The van der Waals surface area contributed by atoms with Crippen LogP contribution in [0, 0.1) is 11.8 Å². The molecule has 1 aromatic rings. The summed E-state index contributed by atoms with van der Waals surface area (Å²) < 4.78 is 0. The zero-order valence-electron chi connectivity index (χ0n) is 12.9. The summed E-state index contributed by atoms with van der Waals surface area (Å²) >= 11 is 0. The van der Waals surface area contributed by atoms with Crippen LogP contribution in [-0.4, -0.2) is 31.1 Å². The Labute approximate surface area is 123 Å². The molecular formula is C18H28N2. The van der Waals surface area contributed by atoms with Crippen molar-refractivity contribution >= 4 is 0 Å². The standard InChI is InChI=1S/C18H28N2/c1-14(18(19-2)16-6-4-3-5-7-16)12-20(17-10-11-17)13-15-8-9-15/h3-7,14-15,17-19H,8-13H2,1-2H3. The van der Waals surface area contributed by atoms with E-state index < -0.39 is 0 Å². The lowest BCUT2D eigenvalue weighted by atomic mass is 9.94. The lowest BCUT2D eigenvalue weighted by Gasteiger charge is -2.30. The SMILES string of the molecule is CNC(c1ccccc1)C(C)CN(CC1CC1)C1CC1. The van der Waals surface area contributed by atoms with Crippen molar-refractivity contribution in [3.63, 3.8) is 0 Å². The maximum atomic E-state index is 3.53. The highest BCUT2D eigenvalue weighted by atomic mass is 15.2. The van der Waals surface area contributed by atoms with Crippen LogP contribution in [0.15, 0.2) is 30.3 Å². The summed E-state index contributed by atoms with van der Waals surface area (Å²) in [6.45, 7) is 4.98. The van der Waals surface area contributed by atoms with E-state index in [0.29, 0.717) is 12.0 Å². The molecule has 0 heterocycles. The first kappa shape index (κ1) is 14.1. The fraction of sp³-hybridized carbons (Fsp3) is 0.667. The highest BCUT2D eigenvalue weighted by Gasteiger charge is 2.35. The van der Waals surface area contributed by atoms with Crippen LogP contribution in [0.3, 0.4) is 0 Å². The molecule has 2 saturated carbocycles. The van der Waals surface area contributed by atoms with Gasteiger partial charge < -0.3 is 5.32 Å². The van der Waals surface area contributed by atoms with Crippen molar-refractivity contribution in [2.75, 3.05) is 20.1 Å². The highest BCUT2D eigenvalue weighted by molar-refractivity contribution is 5.19. The molecule has 0 spiro atoms. The van der Waals surface area contributed by atoms with Gasteiger partial charge >= 0.3 is 0 Å². The quantitative estimate of drug-likeness (QED) is 0.779. The Kier molecular flexibility index (Phi) is 4.42. The van der Waals surface area contributed by atoms with Crippen molar-refractivity contribution in [2.45, 2.75) is 44.7 Å². The molecule has 2 heteroatoms. The number of nitrogens with zero attached hydrogens (tertiary/aromatic N) is 1. The number of benzene rings is 1. The number of rotatable bonds is 8. The van der Waals surface area contributed by atoms with Gasteiger partial charge in [0.05, 0.1) is 0 Å². The van der Waals surface area contributed by atoms with Crippen molar-refractivity contribution < 1.29 is 0 Å². The van der Waals surface area contributed by atoms with Crippen LogP contribution >= 0.6 is 0 Å². The Morgan fingerprint density at radius 3 is 2.40 bits per heavy atom. The van der Waals surface area contributed by atoms with E-state index in [-0.39, 0.29) is 0 Å². The van der Waals surface area contributed by atoms with Crippen molar-refractivity contribution in [1.29, 1.82) is 0 Å². The first-order valence-corrected chi connectivity index (χ1v) is 8.24. The van der Waals surface area contributed by atoms with E-state index in [1.165, 1.54) is 44.3 Å². The largest absolute Gasteiger partial charge is 0.313 e. The van der Waals surface area contributed by atoms with E-state index in [9.17, 15) is 0 Å². The molecule has 0 bridgehead atoms. The Morgan fingerprint density at radius 2 is 1.85 bits per heavy atom. The first-order chi connectivity index (χ1) is 9.78. The molecule has 2 unspecified atom stereocenters. The van der Waals surface area contributed by atoms with Crippen LogP contribution in [-0.2, 0) is 0 Å². The molecular weight excluding hydrogens is 244 g/mol. The molecule has 0 aromatic heterocycles. The predicted octanol–water partition coefficient (Wildman–Crippen LogP) is 3.46. The summed E-state index contributed by atoms with van der Waals surface area (Å²) in [6, 6.07) is 12.3. The molecule has 110 valence electrons. The zero-order valence-corrected chi connectivity index (χ0v) is 12.9. The van der Waals surface area contributed by atoms with Crippen LogP contribution in [0.4, 0.5) is 0 Å². The molecule has 1 aromatic carbocycles. The summed E-state index contributed by atoms with van der Waals surface area (Å²) in [7, 11) is 2.09. The zero-order chi connectivity index (χ0) is 13.9. The minimum absolute atomic E-state index is 0.469. The van der Waals surface area contributed by atoms with Gasteiger partial charge in [0.15, 0.2) is 0 Å². The summed E-state index contributed by atoms with van der Waals surface area (Å²) in [5.74, 6) is 1.66. The van der Waals surface area contributed by atoms with Crippen LogP contribution in [0.25, 0.3) is 0 Å². The van der Waals surface area contributed by atoms with E-state index in [2.05, 4.69) is 54.5 Å². The van der Waals surface area contributed by atoms with Crippen molar-refractivity contribution in [3.05, 3.63) is 35.9 Å². The van der Waals surface area contributed by atoms with E-state index >= 15 is 0 Å². The average molecular weight is 272 g/mol. The minimum Gasteiger partial charge on any atom is -0.313 e. The molecule has 2 aliphatic carbocycles. The maximum absolute atomic E-state index is 3.53. The number of nitrogens with one attached hydrogen (secondary N) is 1. The van der Waals surface area contributed by atoms with Crippen molar-refractivity contribution in [2.24, 2.45) is 11.8 Å². The van der Waals surface area contributed by atoms with Crippen LogP contribution in [0.2, 0.25) is 0 Å². The Morgan fingerprint density at radius 1 is 1.15 bits per heavy atom. The summed E-state index contributed by atoms with van der Waals surface area (Å²) in [5, 5.41) is 3.53. The lowest BCUT2D eigenvalue weighted by Crippen LogP contribution is -2.37. The fourth-order valence-corrected chi connectivity index (χ4v) is 3.36. The third-order valence-electron chi connectivity index (χ3n) is 4.81. The summed E-state index contributed by atoms with van der Waals surface area (Å²) in [5.41, 5.74) is 1.42. The molecule has 2 aliphatic rings. The van der Waals surface area contributed by atoms with Gasteiger partial charge in [-0.2, -0.15) is 0 Å². The van der Waals surface area contributed by atoms with Crippen LogP contribution < -0.4 is 5.32 Å². The van der Waals surface area contributed by atoms with Crippen molar-refractivity contribution in [3.8, 4) is 0 Å². The number of hydrogen-bond donors (Lipinski definition) is 1. The third-order valence-corrected chi connectivity index (χ3v) is 4.81. The molecule has 1 N–H and O–H groups in total. The van der Waals surface area contributed by atoms with E-state index in [1.807, 2.05) is 0 Å². The van der Waals surface area contributed by atoms with Gasteiger partial charge in [-0.3, -0.25) is 4.90 Å². The molecule has 0 radical (unpaired) electrons. The lowest BCUT2D eigenvalue weighted by molar-refractivity contribution is 0.198. The predicted molar refractivity (Wildman–Crippen MR) is 84.7 cm³/mol. The fourth-order valence-electron chi connectivity index (χ4n) is 3.36. The summed E-state index contributed by atoms with van der Waals surface area (Å²) in [4.78, 5) is 2.77. The molecule has 20 heavy (non-hydrogen) atoms. The monoisotopic (exact) mass is 272 g/mol. The highest BCUT2D eigenvalue weighted by Crippen LogP contribution is 2.36. The Balaban J connectivity index is 1.61. The van der Waals surface area contributed by atoms with Gasteiger partial charge in [-0.25, -0.2) is 0 Å². The second kappa shape index (κ2) is 6.28. The van der Waals surface area contributed by atoms with Crippen molar-refractivity contribution in [1.82, 2.24) is 10.2 Å². The van der Waals surface area contributed by atoms with E-state index in [1.54, 1.807) is 0 Å². The maximum Gasteiger partial charge on any atom is 0.0355 e. The van der Waals surface area contributed by atoms with Gasteiger partial charge in [0.2, 0.25) is 0 Å². The normalized spacial score (nSPS) is 21.9. The van der Waals surface area contributed by atoms with Gasteiger partial charge in [0.25, 0.3) is 0 Å². The number of hydrogen-bond acceptors (Lipinski definition) is 2. The Bertz CT molecular complexity index is 409. The van der Waals surface area contributed by atoms with E-state index in [4.69, 9.17) is 0 Å². The molecule has 3 rings (SSSR count). The van der Waals surface area contributed by atoms with Gasteiger partial charge in [0, 0.05) is 25.2 Å². The Hall–Kier alpha value is -0.860. The van der Waals surface area contributed by atoms with E-state index in [0.717, 1.165) is 12.0 Å². The van der Waals surface area contributed by atoms with Crippen LogP contribution in [0.5, 0.6) is 0 Å². The summed E-state index contributed by atoms with van der Waals surface area (Å²) in [6.07, 6.45) is 5.78. The minimum atomic E-state index is 0.469. The van der Waals surface area contributed by atoms with Gasteiger partial charge in [-0.15, -0.1) is 0 Å². The molecule has 2 atom stereocenters. The van der Waals surface area contributed by atoms with Crippen LogP contribution in [0.1, 0.15) is 44.2 Å². The van der Waals surface area contributed by atoms with Gasteiger partial charge in [-0.1, -0.05) is 37.3 Å². The topological polar surface area (TPSA) is 15.3 Å². The molecule has 0 saturated heterocycles. The second-order valence-corrected chi connectivity index (χ2v) is 6.78.